The van der Waals surface area contributed by atoms with Gasteiger partial charge in [-0.1, -0.05) is 42.5 Å². The van der Waals surface area contributed by atoms with Gasteiger partial charge in [0.2, 0.25) is 5.91 Å². The lowest BCUT2D eigenvalue weighted by atomic mass is 9.91. The maximum absolute atomic E-state index is 12.7. The molecule has 0 atom stereocenters. The number of esters is 1. The molecule has 3 aromatic carbocycles. The first-order chi connectivity index (χ1) is 16.0. The zero-order valence-electron chi connectivity index (χ0n) is 18.5. The second-order valence-corrected chi connectivity index (χ2v) is 7.31. The highest BCUT2D eigenvalue weighted by Gasteiger charge is 2.27. The zero-order valence-corrected chi connectivity index (χ0v) is 18.5. The summed E-state index contributed by atoms with van der Waals surface area (Å²) in [6.07, 6.45) is 0.100. The van der Waals surface area contributed by atoms with Crippen LogP contribution in [0.25, 0.3) is 33.2 Å². The minimum absolute atomic E-state index is 0.100. The topological polar surface area (TPSA) is 117 Å². The van der Waals surface area contributed by atoms with Crippen LogP contribution in [0.1, 0.15) is 16.1 Å². The summed E-state index contributed by atoms with van der Waals surface area (Å²) in [5, 5.41) is 8.98. The Hall–Kier alpha value is -4.33. The van der Waals surface area contributed by atoms with Gasteiger partial charge < -0.3 is 19.9 Å². The average molecular weight is 445 g/mol. The number of nitrogens with one attached hydrogen (secondary N) is 1. The molecule has 4 aromatic rings. The van der Waals surface area contributed by atoms with Crippen LogP contribution in [0.2, 0.25) is 0 Å². The van der Waals surface area contributed by atoms with E-state index < -0.39 is 11.9 Å². The molecule has 0 aliphatic heterocycles. The molecule has 3 N–H and O–H groups in total. The summed E-state index contributed by atoms with van der Waals surface area (Å²) < 4.78 is 16.2. The molecule has 1 heterocycles. The van der Waals surface area contributed by atoms with Crippen molar-refractivity contribution < 1.29 is 23.8 Å². The third kappa shape index (κ3) is 3.87. The molecule has 0 radical (unpaired) electrons. The van der Waals surface area contributed by atoms with Crippen molar-refractivity contribution in [3.05, 3.63) is 65.9 Å². The minimum Gasteiger partial charge on any atom is -0.496 e. The minimum atomic E-state index is -0.567. The van der Waals surface area contributed by atoms with Crippen LogP contribution in [-0.4, -0.2) is 43.4 Å². The molecule has 0 unspecified atom stereocenters. The average Bonchev–Trinajstić information content (AvgIpc) is 3.27. The van der Waals surface area contributed by atoms with E-state index in [4.69, 9.17) is 19.9 Å². The van der Waals surface area contributed by atoms with Crippen molar-refractivity contribution in [1.29, 1.82) is 0 Å². The second-order valence-electron chi connectivity index (χ2n) is 7.31. The summed E-state index contributed by atoms with van der Waals surface area (Å²) in [5.74, 6) is 0.0789. The second kappa shape index (κ2) is 9.04. The molecular formula is C25H23N3O5. The standard InChI is InChI=1S/C25H23N3O5/c1-31-18-9-6-10-19(32-2)22(18)23-21(24(28-27-23)25(30)33-3)17-12-11-14(13-20(26)29)15-7-4-5-8-16(15)17/h4-12H,13H2,1-3H3,(H2,26,29)(H,27,28). The Kier molecular flexibility index (Phi) is 5.99. The highest BCUT2D eigenvalue weighted by Crippen LogP contribution is 2.45. The van der Waals surface area contributed by atoms with E-state index in [1.807, 2.05) is 42.5 Å². The quantitative estimate of drug-likeness (QED) is 0.419. The maximum atomic E-state index is 12.7. The van der Waals surface area contributed by atoms with Crippen LogP contribution < -0.4 is 15.2 Å². The smallest absolute Gasteiger partial charge is 0.356 e. The number of H-pyrrole nitrogens is 1. The molecule has 8 nitrogen and oxygen atoms in total. The first kappa shape index (κ1) is 21.9. The van der Waals surface area contributed by atoms with Gasteiger partial charge in [-0.05, 0) is 34.0 Å². The number of rotatable bonds is 7. The van der Waals surface area contributed by atoms with E-state index in [9.17, 15) is 9.59 Å². The molecule has 4 rings (SSSR count). The van der Waals surface area contributed by atoms with Gasteiger partial charge in [0.05, 0.1) is 33.3 Å². The molecule has 1 amide bonds. The fourth-order valence-corrected chi connectivity index (χ4v) is 4.04. The van der Waals surface area contributed by atoms with Crippen molar-refractivity contribution in [2.75, 3.05) is 21.3 Å². The Morgan fingerprint density at radius 2 is 1.55 bits per heavy atom. The van der Waals surface area contributed by atoms with E-state index in [-0.39, 0.29) is 12.1 Å². The van der Waals surface area contributed by atoms with Gasteiger partial charge in [-0.3, -0.25) is 9.89 Å². The molecule has 33 heavy (non-hydrogen) atoms. The van der Waals surface area contributed by atoms with Gasteiger partial charge in [-0.2, -0.15) is 5.10 Å². The number of hydrogen-bond donors (Lipinski definition) is 2. The van der Waals surface area contributed by atoms with E-state index in [0.29, 0.717) is 28.3 Å². The highest BCUT2D eigenvalue weighted by molar-refractivity contribution is 6.08. The molecular weight excluding hydrogens is 422 g/mol. The SMILES string of the molecule is COC(=O)c1[nH]nc(-c2c(OC)cccc2OC)c1-c1ccc(CC(N)=O)c2ccccc12. The van der Waals surface area contributed by atoms with E-state index >= 15 is 0 Å². The summed E-state index contributed by atoms with van der Waals surface area (Å²) in [4.78, 5) is 24.3. The van der Waals surface area contributed by atoms with Crippen LogP contribution in [0.15, 0.2) is 54.6 Å². The van der Waals surface area contributed by atoms with E-state index in [2.05, 4.69) is 10.2 Å². The van der Waals surface area contributed by atoms with Crippen LogP contribution >= 0.6 is 0 Å². The van der Waals surface area contributed by atoms with Crippen LogP contribution in [0.4, 0.5) is 0 Å². The first-order valence-corrected chi connectivity index (χ1v) is 10.2. The number of aromatic nitrogens is 2. The first-order valence-electron chi connectivity index (χ1n) is 10.2. The van der Waals surface area contributed by atoms with Crippen molar-refractivity contribution in [2.24, 2.45) is 5.73 Å². The van der Waals surface area contributed by atoms with Crippen LogP contribution in [-0.2, 0) is 16.0 Å². The molecule has 0 bridgehead atoms. The van der Waals surface area contributed by atoms with Gasteiger partial charge >= 0.3 is 5.97 Å². The number of hydrogen-bond acceptors (Lipinski definition) is 6. The molecule has 0 saturated carbocycles. The van der Waals surface area contributed by atoms with Crippen molar-refractivity contribution in [3.8, 4) is 33.9 Å². The molecule has 168 valence electrons. The lowest BCUT2D eigenvalue weighted by Gasteiger charge is -2.15. The van der Waals surface area contributed by atoms with Gasteiger partial charge in [0, 0.05) is 5.56 Å². The number of nitrogens with two attached hydrogens (primary N) is 1. The number of fused-ring (bicyclic) bond motifs is 1. The molecule has 1 aromatic heterocycles. The van der Waals surface area contributed by atoms with Gasteiger partial charge in [-0.15, -0.1) is 0 Å². The number of methoxy groups -OCH3 is 3. The summed E-state index contributed by atoms with van der Waals surface area (Å²) in [6, 6.07) is 16.7. The van der Waals surface area contributed by atoms with Crippen LogP contribution in [0, 0.1) is 0 Å². The largest absolute Gasteiger partial charge is 0.496 e. The predicted molar refractivity (Wildman–Crippen MR) is 124 cm³/mol. The van der Waals surface area contributed by atoms with E-state index in [1.54, 1.807) is 26.4 Å². The van der Waals surface area contributed by atoms with Crippen molar-refractivity contribution in [3.63, 3.8) is 0 Å². The number of primary amides is 1. The lowest BCUT2D eigenvalue weighted by Crippen LogP contribution is -2.13. The van der Waals surface area contributed by atoms with Crippen molar-refractivity contribution in [1.82, 2.24) is 10.2 Å². The Balaban J connectivity index is 2.08. The number of amides is 1. The zero-order chi connectivity index (χ0) is 23.5. The predicted octanol–water partition coefficient (Wildman–Crippen LogP) is 3.73. The number of benzene rings is 3. The van der Waals surface area contributed by atoms with E-state index in [1.165, 1.54) is 7.11 Å². The third-order valence-electron chi connectivity index (χ3n) is 5.47. The Morgan fingerprint density at radius 1 is 0.879 bits per heavy atom. The summed E-state index contributed by atoms with van der Waals surface area (Å²) >= 11 is 0. The number of aromatic amines is 1. The number of carbonyl (C=O) groups excluding carboxylic acids is 2. The van der Waals surface area contributed by atoms with Gasteiger partial charge in [0.15, 0.2) is 5.69 Å². The molecule has 8 heteroatoms. The van der Waals surface area contributed by atoms with Crippen LogP contribution in [0.5, 0.6) is 11.5 Å². The Bertz CT molecular complexity index is 1340. The fraction of sp³-hybridized carbons (Fsp3) is 0.160. The maximum Gasteiger partial charge on any atom is 0.356 e. The van der Waals surface area contributed by atoms with Gasteiger partial charge in [-0.25, -0.2) is 4.79 Å². The van der Waals surface area contributed by atoms with Crippen molar-refractivity contribution in [2.45, 2.75) is 6.42 Å². The Labute approximate surface area is 190 Å². The summed E-state index contributed by atoms with van der Waals surface area (Å²) in [6.45, 7) is 0. The van der Waals surface area contributed by atoms with Gasteiger partial charge in [0.25, 0.3) is 0 Å². The highest BCUT2D eigenvalue weighted by atomic mass is 16.5. The molecule has 0 spiro atoms. The van der Waals surface area contributed by atoms with Gasteiger partial charge in [0.1, 0.15) is 17.2 Å². The molecule has 0 fully saturated rings. The number of carbonyl (C=O) groups is 2. The van der Waals surface area contributed by atoms with E-state index in [0.717, 1.165) is 21.9 Å². The van der Waals surface area contributed by atoms with Crippen LogP contribution in [0.3, 0.4) is 0 Å². The Morgan fingerprint density at radius 3 is 2.15 bits per heavy atom. The summed E-state index contributed by atoms with van der Waals surface area (Å²) in [7, 11) is 4.42. The third-order valence-corrected chi connectivity index (χ3v) is 5.47. The number of ether oxygens (including phenoxy) is 3. The molecule has 0 aliphatic carbocycles. The van der Waals surface area contributed by atoms with Crippen molar-refractivity contribution >= 4 is 22.6 Å². The lowest BCUT2D eigenvalue weighted by molar-refractivity contribution is -0.117. The molecule has 0 saturated heterocycles. The molecule has 0 aliphatic rings. The normalized spacial score (nSPS) is 10.8. The summed E-state index contributed by atoms with van der Waals surface area (Å²) in [5.41, 5.74) is 8.76. The number of nitrogens with zero attached hydrogens (tertiary/aromatic N) is 1. The fourth-order valence-electron chi connectivity index (χ4n) is 4.04. The monoisotopic (exact) mass is 445 g/mol.